The van der Waals surface area contributed by atoms with Gasteiger partial charge in [0, 0.05) is 30.8 Å². The van der Waals surface area contributed by atoms with E-state index in [2.05, 4.69) is 10.6 Å². The zero-order valence-corrected chi connectivity index (χ0v) is 18.0. The van der Waals surface area contributed by atoms with Gasteiger partial charge in [0.25, 0.3) is 11.8 Å². The van der Waals surface area contributed by atoms with Crippen LogP contribution in [0.2, 0.25) is 0 Å². The van der Waals surface area contributed by atoms with Gasteiger partial charge < -0.3 is 20.5 Å². The van der Waals surface area contributed by atoms with Gasteiger partial charge in [-0.2, -0.15) is 0 Å². The molecule has 0 unspecified atom stereocenters. The fraction of sp³-hybridized carbons (Fsp3) is 0.231. The molecular weight excluding hydrogens is 404 g/mol. The standard InChI is InChI=1S/C26H28N2O4/c1-2-32-24(23(29)17-27-25(30)20-12-7-4-8-13-20)18-28-26(31)22-15-9-14-21(16-22)19-10-5-3-6-11-19/h3-16,23-24,29H,2,17-18H2,1H3,(H,27,30)(H,28,31)/t23-,24+/m0/s1. The second-order valence-electron chi connectivity index (χ2n) is 7.29. The van der Waals surface area contributed by atoms with Gasteiger partial charge in [-0.3, -0.25) is 9.59 Å². The predicted molar refractivity (Wildman–Crippen MR) is 124 cm³/mol. The Morgan fingerprint density at radius 2 is 1.34 bits per heavy atom. The van der Waals surface area contributed by atoms with E-state index in [-0.39, 0.29) is 24.9 Å². The normalized spacial score (nSPS) is 12.6. The average Bonchev–Trinajstić information content (AvgIpc) is 2.85. The van der Waals surface area contributed by atoms with Gasteiger partial charge in [0.05, 0.1) is 6.10 Å². The van der Waals surface area contributed by atoms with Crippen LogP contribution in [0.15, 0.2) is 84.9 Å². The maximum Gasteiger partial charge on any atom is 0.251 e. The number of aliphatic hydroxyl groups excluding tert-OH is 1. The van der Waals surface area contributed by atoms with Crippen molar-refractivity contribution in [2.45, 2.75) is 19.1 Å². The Morgan fingerprint density at radius 3 is 2.03 bits per heavy atom. The Bertz CT molecular complexity index is 1010. The van der Waals surface area contributed by atoms with Crippen molar-refractivity contribution < 1.29 is 19.4 Å². The molecule has 3 N–H and O–H groups in total. The topological polar surface area (TPSA) is 87.7 Å². The molecule has 0 aliphatic heterocycles. The van der Waals surface area contributed by atoms with Crippen molar-refractivity contribution in [3.8, 4) is 11.1 Å². The van der Waals surface area contributed by atoms with E-state index in [1.807, 2.05) is 61.5 Å². The van der Waals surface area contributed by atoms with Crippen molar-refractivity contribution >= 4 is 11.8 Å². The van der Waals surface area contributed by atoms with Crippen LogP contribution in [0.3, 0.4) is 0 Å². The number of rotatable bonds is 10. The molecule has 32 heavy (non-hydrogen) atoms. The third-order valence-corrected chi connectivity index (χ3v) is 5.01. The number of ether oxygens (including phenoxy) is 1. The zero-order chi connectivity index (χ0) is 22.8. The van der Waals surface area contributed by atoms with Crippen molar-refractivity contribution in [3.05, 3.63) is 96.1 Å². The van der Waals surface area contributed by atoms with Crippen LogP contribution in [0.4, 0.5) is 0 Å². The molecule has 0 spiro atoms. The molecule has 0 saturated carbocycles. The van der Waals surface area contributed by atoms with Crippen LogP contribution < -0.4 is 10.6 Å². The number of aliphatic hydroxyl groups is 1. The summed E-state index contributed by atoms with van der Waals surface area (Å²) >= 11 is 0. The second-order valence-corrected chi connectivity index (χ2v) is 7.29. The second kappa shape index (κ2) is 11.8. The van der Waals surface area contributed by atoms with E-state index >= 15 is 0 Å². The molecule has 0 heterocycles. The fourth-order valence-electron chi connectivity index (χ4n) is 3.31. The third-order valence-electron chi connectivity index (χ3n) is 5.01. The van der Waals surface area contributed by atoms with E-state index in [4.69, 9.17) is 4.74 Å². The molecule has 0 bridgehead atoms. The average molecular weight is 433 g/mol. The summed E-state index contributed by atoms with van der Waals surface area (Å²) in [5.41, 5.74) is 3.01. The van der Waals surface area contributed by atoms with Crippen LogP contribution in [-0.2, 0) is 4.74 Å². The molecule has 166 valence electrons. The lowest BCUT2D eigenvalue weighted by molar-refractivity contribution is -0.0287. The number of benzene rings is 3. The monoisotopic (exact) mass is 432 g/mol. The molecular formula is C26H28N2O4. The lowest BCUT2D eigenvalue weighted by Gasteiger charge is -2.23. The van der Waals surface area contributed by atoms with E-state index < -0.39 is 12.2 Å². The summed E-state index contributed by atoms with van der Waals surface area (Å²) in [7, 11) is 0. The lowest BCUT2D eigenvalue weighted by atomic mass is 10.0. The molecule has 3 rings (SSSR count). The highest BCUT2D eigenvalue weighted by Gasteiger charge is 2.21. The first kappa shape index (κ1) is 23.2. The summed E-state index contributed by atoms with van der Waals surface area (Å²) in [4.78, 5) is 24.9. The van der Waals surface area contributed by atoms with Crippen LogP contribution in [0, 0.1) is 0 Å². The van der Waals surface area contributed by atoms with Gasteiger partial charge >= 0.3 is 0 Å². The molecule has 3 aromatic carbocycles. The van der Waals surface area contributed by atoms with Crippen molar-refractivity contribution in [1.29, 1.82) is 0 Å². The number of carbonyl (C=O) groups excluding carboxylic acids is 2. The molecule has 0 saturated heterocycles. The van der Waals surface area contributed by atoms with Crippen LogP contribution in [-0.4, -0.2) is 48.8 Å². The highest BCUT2D eigenvalue weighted by molar-refractivity contribution is 5.95. The van der Waals surface area contributed by atoms with Crippen LogP contribution >= 0.6 is 0 Å². The minimum absolute atomic E-state index is 0.0117. The SMILES string of the molecule is CCO[C@H](CNC(=O)c1cccc(-c2ccccc2)c1)[C@@H](O)CNC(=O)c1ccccc1. The van der Waals surface area contributed by atoms with E-state index in [9.17, 15) is 14.7 Å². The smallest absolute Gasteiger partial charge is 0.251 e. The van der Waals surface area contributed by atoms with Gasteiger partial charge in [0.15, 0.2) is 0 Å². The van der Waals surface area contributed by atoms with E-state index in [1.54, 1.807) is 30.3 Å². The fourth-order valence-corrected chi connectivity index (χ4v) is 3.31. The lowest BCUT2D eigenvalue weighted by Crippen LogP contribution is -2.46. The van der Waals surface area contributed by atoms with Crippen LogP contribution in [0.25, 0.3) is 11.1 Å². The van der Waals surface area contributed by atoms with Crippen molar-refractivity contribution in [1.82, 2.24) is 10.6 Å². The molecule has 0 aliphatic rings. The number of hydrogen-bond acceptors (Lipinski definition) is 4. The Hall–Kier alpha value is -3.48. The summed E-state index contributed by atoms with van der Waals surface area (Å²) in [6.45, 7) is 2.31. The van der Waals surface area contributed by atoms with Gasteiger partial charge in [-0.15, -0.1) is 0 Å². The molecule has 0 aliphatic carbocycles. The maximum atomic E-state index is 12.7. The molecule has 0 radical (unpaired) electrons. The Labute approximate surface area is 188 Å². The van der Waals surface area contributed by atoms with Gasteiger partial charge in [-0.25, -0.2) is 0 Å². The first-order valence-corrected chi connectivity index (χ1v) is 10.6. The highest BCUT2D eigenvalue weighted by Crippen LogP contribution is 2.20. The number of nitrogens with one attached hydrogen (secondary N) is 2. The number of carbonyl (C=O) groups is 2. The summed E-state index contributed by atoms with van der Waals surface area (Å²) in [5, 5.41) is 16.0. The van der Waals surface area contributed by atoms with Gasteiger partial charge in [-0.05, 0) is 42.3 Å². The molecule has 2 atom stereocenters. The van der Waals surface area contributed by atoms with Crippen molar-refractivity contribution in [2.75, 3.05) is 19.7 Å². The molecule has 2 amide bonds. The summed E-state index contributed by atoms with van der Waals surface area (Å²) in [6, 6.07) is 26.0. The zero-order valence-electron chi connectivity index (χ0n) is 18.0. The maximum absolute atomic E-state index is 12.7. The Kier molecular flexibility index (Phi) is 8.54. The van der Waals surface area contributed by atoms with Gasteiger partial charge in [0.1, 0.15) is 6.10 Å². The first-order chi connectivity index (χ1) is 15.6. The third kappa shape index (κ3) is 6.51. The largest absolute Gasteiger partial charge is 0.388 e. The summed E-state index contributed by atoms with van der Waals surface area (Å²) in [6.07, 6.45) is -1.63. The minimum atomic E-state index is -0.974. The number of hydrogen-bond donors (Lipinski definition) is 3. The molecule has 0 fully saturated rings. The molecule has 6 heteroatoms. The summed E-state index contributed by atoms with van der Waals surface area (Å²) < 4.78 is 5.61. The first-order valence-electron chi connectivity index (χ1n) is 10.6. The molecule has 3 aromatic rings. The number of amides is 2. The van der Waals surface area contributed by atoms with E-state index in [1.165, 1.54) is 0 Å². The molecule has 6 nitrogen and oxygen atoms in total. The van der Waals surface area contributed by atoms with Gasteiger partial charge in [-0.1, -0.05) is 60.7 Å². The van der Waals surface area contributed by atoms with E-state index in [0.29, 0.717) is 17.7 Å². The van der Waals surface area contributed by atoms with Gasteiger partial charge in [0.2, 0.25) is 0 Å². The highest BCUT2D eigenvalue weighted by atomic mass is 16.5. The quantitative estimate of drug-likeness (QED) is 0.459. The minimum Gasteiger partial charge on any atom is -0.388 e. The van der Waals surface area contributed by atoms with E-state index in [0.717, 1.165) is 11.1 Å². The van der Waals surface area contributed by atoms with Crippen molar-refractivity contribution in [2.24, 2.45) is 0 Å². The molecule has 0 aromatic heterocycles. The van der Waals surface area contributed by atoms with Crippen molar-refractivity contribution in [3.63, 3.8) is 0 Å². The summed E-state index contributed by atoms with van der Waals surface area (Å²) in [5.74, 6) is -0.533. The Morgan fingerprint density at radius 1 is 0.781 bits per heavy atom. The predicted octanol–water partition coefficient (Wildman–Crippen LogP) is 3.28. The van der Waals surface area contributed by atoms with Crippen LogP contribution in [0.1, 0.15) is 27.6 Å². The van der Waals surface area contributed by atoms with Crippen LogP contribution in [0.5, 0.6) is 0 Å². The Balaban J connectivity index is 1.56.